The summed E-state index contributed by atoms with van der Waals surface area (Å²) in [4.78, 5) is 22.4. The highest BCUT2D eigenvalue weighted by molar-refractivity contribution is 7.98. The smallest absolute Gasteiger partial charge is 0.287 e. The number of hydrogen-bond acceptors (Lipinski definition) is 7. The molecule has 8 heteroatoms. The number of amidine groups is 1. The van der Waals surface area contributed by atoms with Crippen molar-refractivity contribution in [2.24, 2.45) is 4.99 Å². The van der Waals surface area contributed by atoms with E-state index < -0.39 is 0 Å². The molecule has 0 saturated carbocycles. The minimum Gasteiger partial charge on any atom is -0.496 e. The summed E-state index contributed by atoms with van der Waals surface area (Å²) in [6, 6.07) is 13.5. The molecule has 7 nitrogen and oxygen atoms in total. The SMILES string of the molecule is CC.COc1ccccc1C(CNC(=O)C1=Nc2ccc(C)cc2SN1)c1ncco1. The van der Waals surface area contributed by atoms with Gasteiger partial charge < -0.3 is 19.2 Å². The van der Waals surface area contributed by atoms with Gasteiger partial charge in [-0.3, -0.25) is 4.79 Å². The Labute approximate surface area is 186 Å². The number of carbonyl (C=O) groups is 1. The fourth-order valence-electron chi connectivity index (χ4n) is 3.11. The second-order valence-electron chi connectivity index (χ2n) is 6.51. The van der Waals surface area contributed by atoms with Gasteiger partial charge in [0.05, 0.1) is 29.8 Å². The topological polar surface area (TPSA) is 88.8 Å². The Kier molecular flexibility index (Phi) is 7.72. The van der Waals surface area contributed by atoms with Crippen LogP contribution >= 0.6 is 11.9 Å². The number of benzene rings is 2. The maximum atomic E-state index is 12.7. The van der Waals surface area contributed by atoms with Crippen molar-refractivity contribution in [3.05, 3.63) is 71.9 Å². The van der Waals surface area contributed by atoms with E-state index in [0.717, 1.165) is 21.7 Å². The highest BCUT2D eigenvalue weighted by Gasteiger charge is 2.25. The standard InChI is InChI=1S/C21H20N4O3S.C2H6/c1-13-7-8-16-18(11-13)29-25-19(24-16)20(26)23-12-15(21-22-9-10-28-21)14-5-3-4-6-17(14)27-2;1-2/h3-11,15H,12H2,1-2H3,(H,23,26)(H,24,25);1-2H3. The average molecular weight is 439 g/mol. The Bertz CT molecular complexity index is 1050. The van der Waals surface area contributed by atoms with Gasteiger partial charge in [-0.25, -0.2) is 9.98 Å². The van der Waals surface area contributed by atoms with Gasteiger partial charge in [-0.2, -0.15) is 0 Å². The van der Waals surface area contributed by atoms with Crippen LogP contribution in [-0.4, -0.2) is 30.4 Å². The lowest BCUT2D eigenvalue weighted by Crippen LogP contribution is -2.40. The van der Waals surface area contributed by atoms with Crippen LogP contribution in [-0.2, 0) is 4.79 Å². The van der Waals surface area contributed by atoms with E-state index in [1.54, 1.807) is 13.3 Å². The van der Waals surface area contributed by atoms with Crippen molar-refractivity contribution < 1.29 is 13.9 Å². The van der Waals surface area contributed by atoms with Crippen molar-refractivity contribution in [2.75, 3.05) is 13.7 Å². The first-order valence-electron chi connectivity index (χ1n) is 10.1. The molecule has 1 atom stereocenters. The zero-order valence-electron chi connectivity index (χ0n) is 18.0. The van der Waals surface area contributed by atoms with Crippen molar-refractivity contribution in [3.63, 3.8) is 0 Å². The number of para-hydroxylation sites is 1. The number of aliphatic imine (C=N–C) groups is 1. The molecule has 2 heterocycles. The summed E-state index contributed by atoms with van der Waals surface area (Å²) < 4.78 is 14.0. The summed E-state index contributed by atoms with van der Waals surface area (Å²) in [5.41, 5.74) is 2.80. The van der Waals surface area contributed by atoms with Crippen LogP contribution in [0.4, 0.5) is 5.69 Å². The van der Waals surface area contributed by atoms with E-state index >= 15 is 0 Å². The Hall–Kier alpha value is -3.26. The van der Waals surface area contributed by atoms with Crippen LogP contribution in [0.2, 0.25) is 0 Å². The van der Waals surface area contributed by atoms with Crippen molar-refractivity contribution in [1.82, 2.24) is 15.0 Å². The number of carbonyl (C=O) groups excluding carboxylic acids is 1. The number of nitrogens with one attached hydrogen (secondary N) is 2. The van der Waals surface area contributed by atoms with Crippen molar-refractivity contribution in [2.45, 2.75) is 31.6 Å². The normalized spacial score (nSPS) is 13.0. The zero-order chi connectivity index (χ0) is 22.2. The third kappa shape index (κ3) is 5.27. The third-order valence-corrected chi connectivity index (χ3v) is 5.39. The van der Waals surface area contributed by atoms with E-state index in [4.69, 9.17) is 9.15 Å². The van der Waals surface area contributed by atoms with Crippen LogP contribution in [0.15, 0.2) is 69.2 Å². The fourth-order valence-corrected chi connectivity index (χ4v) is 3.92. The van der Waals surface area contributed by atoms with Gasteiger partial charge >= 0.3 is 0 Å². The lowest BCUT2D eigenvalue weighted by Gasteiger charge is -2.20. The molecule has 0 saturated heterocycles. The Balaban J connectivity index is 0.00000132. The molecular weight excluding hydrogens is 412 g/mol. The van der Waals surface area contributed by atoms with E-state index in [0.29, 0.717) is 11.6 Å². The van der Waals surface area contributed by atoms with E-state index in [-0.39, 0.29) is 24.2 Å². The molecule has 4 rings (SSSR count). The first-order valence-corrected chi connectivity index (χ1v) is 10.9. The molecule has 31 heavy (non-hydrogen) atoms. The summed E-state index contributed by atoms with van der Waals surface area (Å²) >= 11 is 1.38. The van der Waals surface area contributed by atoms with E-state index in [9.17, 15) is 4.79 Å². The minimum absolute atomic E-state index is 0.262. The lowest BCUT2D eigenvalue weighted by atomic mass is 9.97. The van der Waals surface area contributed by atoms with Crippen LogP contribution in [0.1, 0.15) is 36.8 Å². The monoisotopic (exact) mass is 438 g/mol. The first kappa shape index (κ1) is 22.4. The molecule has 0 radical (unpaired) electrons. The molecule has 1 aliphatic rings. The molecule has 0 fully saturated rings. The van der Waals surface area contributed by atoms with Crippen LogP contribution in [0, 0.1) is 6.92 Å². The van der Waals surface area contributed by atoms with Gasteiger partial charge in [-0.05, 0) is 42.6 Å². The predicted molar refractivity (Wildman–Crippen MR) is 123 cm³/mol. The third-order valence-electron chi connectivity index (χ3n) is 4.55. The number of aromatic nitrogens is 1. The van der Waals surface area contributed by atoms with Crippen LogP contribution in [0.3, 0.4) is 0 Å². The summed E-state index contributed by atoms with van der Waals surface area (Å²) in [5.74, 6) is 0.881. The number of hydrogen-bond donors (Lipinski definition) is 2. The van der Waals surface area contributed by atoms with Gasteiger partial charge in [0.1, 0.15) is 12.0 Å². The van der Waals surface area contributed by atoms with Gasteiger partial charge in [0.2, 0.25) is 11.7 Å². The molecule has 162 valence electrons. The molecule has 2 N–H and O–H groups in total. The number of fused-ring (bicyclic) bond motifs is 1. The second kappa shape index (κ2) is 10.7. The first-order chi connectivity index (χ1) is 15.2. The summed E-state index contributed by atoms with van der Waals surface area (Å²) in [6.07, 6.45) is 3.10. The number of ether oxygens (including phenoxy) is 1. The number of rotatable bonds is 6. The largest absolute Gasteiger partial charge is 0.496 e. The molecule has 2 aromatic carbocycles. The maximum Gasteiger partial charge on any atom is 0.287 e. The summed E-state index contributed by atoms with van der Waals surface area (Å²) in [7, 11) is 1.61. The zero-order valence-corrected chi connectivity index (χ0v) is 18.8. The van der Waals surface area contributed by atoms with Crippen LogP contribution in [0.25, 0.3) is 0 Å². The Morgan fingerprint density at radius 2 is 2.06 bits per heavy atom. The molecular formula is C23H26N4O3S. The molecule has 0 bridgehead atoms. The van der Waals surface area contributed by atoms with Gasteiger partial charge in [-0.1, -0.05) is 38.1 Å². The molecule has 0 aliphatic carbocycles. The maximum absolute atomic E-state index is 12.7. The van der Waals surface area contributed by atoms with Crippen molar-refractivity contribution >= 4 is 29.4 Å². The number of oxazole rings is 1. The predicted octanol–water partition coefficient (Wildman–Crippen LogP) is 4.61. The molecule has 1 aliphatic heterocycles. The fraction of sp³-hybridized carbons (Fsp3) is 0.261. The van der Waals surface area contributed by atoms with Crippen molar-refractivity contribution in [1.29, 1.82) is 0 Å². The Morgan fingerprint density at radius 1 is 1.26 bits per heavy atom. The van der Waals surface area contributed by atoms with Gasteiger partial charge in [0.15, 0.2) is 0 Å². The lowest BCUT2D eigenvalue weighted by molar-refractivity contribution is -0.115. The molecule has 1 amide bonds. The summed E-state index contributed by atoms with van der Waals surface area (Å²) in [5, 5.41) is 2.93. The van der Waals surface area contributed by atoms with Crippen molar-refractivity contribution in [3.8, 4) is 5.75 Å². The van der Waals surface area contributed by atoms with E-state index in [2.05, 4.69) is 20.0 Å². The number of aryl methyl sites for hydroxylation is 1. The number of nitrogens with zero attached hydrogens (tertiary/aromatic N) is 2. The van der Waals surface area contributed by atoms with E-state index in [1.165, 1.54) is 18.2 Å². The molecule has 3 aromatic rings. The van der Waals surface area contributed by atoms with Crippen LogP contribution < -0.4 is 14.8 Å². The van der Waals surface area contributed by atoms with Gasteiger partial charge in [0, 0.05) is 12.1 Å². The molecule has 1 aromatic heterocycles. The van der Waals surface area contributed by atoms with Gasteiger partial charge in [-0.15, -0.1) is 0 Å². The second-order valence-corrected chi connectivity index (χ2v) is 7.36. The average Bonchev–Trinajstić information content (AvgIpc) is 3.35. The quantitative estimate of drug-likeness (QED) is 0.547. The molecule has 0 spiro atoms. The Morgan fingerprint density at radius 3 is 2.81 bits per heavy atom. The summed E-state index contributed by atoms with van der Waals surface area (Å²) in [6.45, 7) is 6.30. The number of amides is 1. The highest BCUT2D eigenvalue weighted by Crippen LogP contribution is 2.33. The van der Waals surface area contributed by atoms with Gasteiger partial charge in [0.25, 0.3) is 5.91 Å². The van der Waals surface area contributed by atoms with Crippen LogP contribution in [0.5, 0.6) is 5.75 Å². The highest BCUT2D eigenvalue weighted by atomic mass is 32.2. The minimum atomic E-state index is -0.296. The molecule has 1 unspecified atom stereocenters. The number of methoxy groups -OCH3 is 1. The van der Waals surface area contributed by atoms with E-state index in [1.807, 2.05) is 63.2 Å².